The molecule has 1 atom stereocenters. The van der Waals surface area contributed by atoms with E-state index < -0.39 is 51.1 Å². The van der Waals surface area contributed by atoms with Crippen LogP contribution in [0.15, 0.2) is 74.0 Å². The summed E-state index contributed by atoms with van der Waals surface area (Å²) in [5, 5.41) is 2.89. The number of hydrogen-bond acceptors (Lipinski definition) is 7. The number of carbonyl (C=O) groups excluding carboxylic acids is 1. The third-order valence-corrected chi connectivity index (χ3v) is 8.71. The highest BCUT2D eigenvalue weighted by Crippen LogP contribution is 2.30. The van der Waals surface area contributed by atoms with Crippen LogP contribution in [-0.4, -0.2) is 45.3 Å². The first kappa shape index (κ1) is 29.3. The lowest BCUT2D eigenvalue weighted by atomic mass is 10.2. The van der Waals surface area contributed by atoms with E-state index in [-0.39, 0.29) is 35.9 Å². The fraction of sp³-hybridized carbons (Fsp3) is 0.333. The van der Waals surface area contributed by atoms with Crippen molar-refractivity contribution in [3.63, 3.8) is 0 Å². The lowest BCUT2D eigenvalue weighted by molar-refractivity contribution is -0.141. The molecule has 1 amide bonds. The Morgan fingerprint density at radius 1 is 1.17 bits per heavy atom. The van der Waals surface area contributed by atoms with Gasteiger partial charge >= 0.3 is 11.9 Å². The molecule has 1 saturated heterocycles. The summed E-state index contributed by atoms with van der Waals surface area (Å²) < 4.78 is 74.2. The van der Waals surface area contributed by atoms with Crippen LogP contribution in [0, 0.1) is 0 Å². The Hall–Kier alpha value is -4.24. The molecule has 0 bridgehead atoms. The summed E-state index contributed by atoms with van der Waals surface area (Å²) in [7, 11) is -4.16. The van der Waals surface area contributed by atoms with Gasteiger partial charge in [0.1, 0.15) is 17.3 Å². The average Bonchev–Trinajstić information content (AvgIpc) is 3.61. The molecule has 3 aromatic heterocycles. The molecule has 42 heavy (non-hydrogen) atoms. The number of amides is 1. The number of nitrogens with zero attached hydrogens (tertiary/aromatic N) is 4. The zero-order valence-electron chi connectivity index (χ0n) is 22.5. The number of pyridine rings is 1. The van der Waals surface area contributed by atoms with Gasteiger partial charge in [0.05, 0.1) is 17.4 Å². The number of rotatable bonds is 7. The van der Waals surface area contributed by atoms with Gasteiger partial charge < -0.3 is 9.73 Å². The molecule has 1 aliphatic heterocycles. The number of halogens is 3. The zero-order valence-corrected chi connectivity index (χ0v) is 23.3. The summed E-state index contributed by atoms with van der Waals surface area (Å²) >= 11 is 0. The molecular formula is C27H26F3N5O6S. The van der Waals surface area contributed by atoms with E-state index in [9.17, 15) is 36.0 Å². The third kappa shape index (κ3) is 5.36. The van der Waals surface area contributed by atoms with Crippen molar-refractivity contribution >= 4 is 26.9 Å². The van der Waals surface area contributed by atoms with Crippen LogP contribution in [0.1, 0.15) is 44.0 Å². The topological polar surface area (TPSA) is 137 Å². The number of furan rings is 1. The molecule has 0 saturated carbocycles. The van der Waals surface area contributed by atoms with Crippen LogP contribution < -0.4 is 16.6 Å². The second-order valence-corrected chi connectivity index (χ2v) is 11.9. The molecule has 15 heteroatoms. The smallest absolute Gasteiger partial charge is 0.433 e. The number of nitrogens with one attached hydrogen (secondary N) is 1. The van der Waals surface area contributed by atoms with Gasteiger partial charge in [-0.15, -0.1) is 0 Å². The molecule has 0 unspecified atom stereocenters. The number of para-hydroxylation sites is 1. The molecule has 0 radical (unpaired) electrons. The van der Waals surface area contributed by atoms with E-state index in [0.717, 1.165) is 31.9 Å². The maximum Gasteiger partial charge on any atom is 0.433 e. The van der Waals surface area contributed by atoms with Crippen molar-refractivity contribution < 1.29 is 30.8 Å². The molecule has 1 fully saturated rings. The van der Waals surface area contributed by atoms with Crippen molar-refractivity contribution in [2.24, 2.45) is 0 Å². The Bertz CT molecular complexity index is 1840. The highest BCUT2D eigenvalue weighted by Gasteiger charge is 2.41. The first-order valence-corrected chi connectivity index (χ1v) is 14.4. The largest absolute Gasteiger partial charge is 0.443 e. The SMILES string of the molecule is CC(C)n1c(=O)c(CNC(=O)[C@@H]2CCCN2S(=O)(=O)c2cc3ccccc3o2)cn(-c2ccc(C(F)(F)F)nc2)c1=O. The minimum Gasteiger partial charge on any atom is -0.443 e. The molecule has 0 aliphatic carbocycles. The summed E-state index contributed by atoms with van der Waals surface area (Å²) in [6.45, 7) is 2.89. The van der Waals surface area contributed by atoms with E-state index in [1.165, 1.54) is 6.07 Å². The molecule has 1 aliphatic rings. The van der Waals surface area contributed by atoms with E-state index in [2.05, 4.69) is 10.3 Å². The Morgan fingerprint density at radius 2 is 1.90 bits per heavy atom. The number of sulfonamides is 1. The van der Waals surface area contributed by atoms with Crippen LogP contribution in [0.4, 0.5) is 13.2 Å². The summed E-state index contributed by atoms with van der Waals surface area (Å²) in [6, 6.07) is 8.26. The van der Waals surface area contributed by atoms with Gasteiger partial charge in [0.15, 0.2) is 0 Å². The zero-order chi connectivity index (χ0) is 30.4. The van der Waals surface area contributed by atoms with Crippen LogP contribution in [0.5, 0.6) is 0 Å². The molecular weight excluding hydrogens is 579 g/mol. The second kappa shape index (κ2) is 10.9. The molecule has 0 spiro atoms. The Morgan fingerprint density at radius 3 is 2.55 bits per heavy atom. The van der Waals surface area contributed by atoms with Gasteiger partial charge in [0.2, 0.25) is 11.0 Å². The van der Waals surface area contributed by atoms with Crippen molar-refractivity contribution in [1.82, 2.24) is 23.7 Å². The highest BCUT2D eigenvalue weighted by atomic mass is 32.2. The summed E-state index contributed by atoms with van der Waals surface area (Å²) in [6.07, 6.45) is -2.03. The average molecular weight is 606 g/mol. The first-order valence-electron chi connectivity index (χ1n) is 13.0. The maximum atomic E-state index is 13.4. The van der Waals surface area contributed by atoms with Gasteiger partial charge in [0, 0.05) is 36.8 Å². The van der Waals surface area contributed by atoms with Crippen LogP contribution in [0.3, 0.4) is 0 Å². The Kier molecular flexibility index (Phi) is 7.57. The van der Waals surface area contributed by atoms with E-state index in [1.807, 2.05) is 0 Å². The van der Waals surface area contributed by atoms with Gasteiger partial charge in [-0.05, 0) is 44.9 Å². The van der Waals surface area contributed by atoms with Crippen LogP contribution >= 0.6 is 0 Å². The van der Waals surface area contributed by atoms with Gasteiger partial charge in [-0.25, -0.2) is 18.2 Å². The van der Waals surface area contributed by atoms with Crippen molar-refractivity contribution in [3.8, 4) is 5.69 Å². The summed E-state index contributed by atoms with van der Waals surface area (Å²) in [5.41, 5.74) is -2.33. The lowest BCUT2D eigenvalue weighted by Gasteiger charge is -2.22. The third-order valence-electron chi connectivity index (χ3n) is 6.95. The number of alkyl halides is 3. The number of fused-ring (bicyclic) bond motifs is 1. The van der Waals surface area contributed by atoms with Crippen molar-refractivity contribution in [2.75, 3.05) is 6.54 Å². The van der Waals surface area contributed by atoms with Crippen molar-refractivity contribution in [1.29, 1.82) is 0 Å². The highest BCUT2D eigenvalue weighted by molar-refractivity contribution is 7.89. The quantitative estimate of drug-likeness (QED) is 0.342. The fourth-order valence-electron chi connectivity index (χ4n) is 4.87. The Balaban J connectivity index is 1.41. The van der Waals surface area contributed by atoms with Gasteiger partial charge in [-0.1, -0.05) is 18.2 Å². The molecule has 222 valence electrons. The van der Waals surface area contributed by atoms with Crippen molar-refractivity contribution in [3.05, 3.63) is 87.0 Å². The molecule has 5 rings (SSSR count). The van der Waals surface area contributed by atoms with E-state index in [0.29, 0.717) is 23.5 Å². The number of hydrogen-bond donors (Lipinski definition) is 1. The maximum absolute atomic E-state index is 13.4. The standard InChI is InChI=1S/C27H26F3N5O6S/c1-16(2)35-25(37)18(15-33(26(35)38)19-9-10-22(31-14-19)27(28,29)30)13-32-24(36)20-7-5-11-34(20)42(39,40)23-12-17-6-3-4-8-21(17)41-23/h3-4,6,8-10,12,14-16,20H,5,7,11,13H2,1-2H3,(H,32,36)/t20-/m0/s1. The molecule has 11 nitrogen and oxygen atoms in total. The van der Waals surface area contributed by atoms with Crippen molar-refractivity contribution in [2.45, 2.75) is 56.6 Å². The summed E-state index contributed by atoms with van der Waals surface area (Å²) in [5.74, 6) is -0.656. The number of aromatic nitrogens is 3. The molecule has 1 N–H and O–H groups in total. The molecule has 1 aromatic carbocycles. The van der Waals surface area contributed by atoms with E-state index in [4.69, 9.17) is 4.42 Å². The van der Waals surface area contributed by atoms with Crippen LogP contribution in [0.25, 0.3) is 16.7 Å². The van der Waals surface area contributed by atoms with Gasteiger partial charge in [-0.2, -0.15) is 17.5 Å². The molecule has 4 aromatic rings. The van der Waals surface area contributed by atoms with Gasteiger partial charge in [0.25, 0.3) is 15.6 Å². The fourth-order valence-corrected chi connectivity index (χ4v) is 6.48. The molecule has 4 heterocycles. The Labute approximate surface area is 237 Å². The van der Waals surface area contributed by atoms with E-state index in [1.54, 1.807) is 38.1 Å². The minimum absolute atomic E-state index is 0.0196. The second-order valence-electron chi connectivity index (χ2n) is 10.1. The van der Waals surface area contributed by atoms with Crippen LogP contribution in [0.2, 0.25) is 0 Å². The monoisotopic (exact) mass is 605 g/mol. The number of carbonyl (C=O) groups is 1. The van der Waals surface area contributed by atoms with E-state index >= 15 is 0 Å². The minimum atomic E-state index is -4.68. The lowest BCUT2D eigenvalue weighted by Crippen LogP contribution is -2.47. The predicted molar refractivity (Wildman–Crippen MR) is 144 cm³/mol. The predicted octanol–water partition coefficient (Wildman–Crippen LogP) is 3.21. The van der Waals surface area contributed by atoms with Gasteiger partial charge in [-0.3, -0.25) is 18.7 Å². The number of benzene rings is 1. The first-order chi connectivity index (χ1) is 19.8. The van der Waals surface area contributed by atoms with Crippen LogP contribution in [-0.2, 0) is 27.5 Å². The normalized spacial score (nSPS) is 16.4. The summed E-state index contributed by atoms with van der Waals surface area (Å²) in [4.78, 5) is 42.8.